The van der Waals surface area contributed by atoms with Crippen molar-refractivity contribution in [3.8, 4) is 0 Å². The smallest absolute Gasteiger partial charge is 0.229 e. The van der Waals surface area contributed by atoms with Gasteiger partial charge in [0, 0.05) is 25.5 Å². The van der Waals surface area contributed by atoms with Crippen LogP contribution in [0.1, 0.15) is 34.1 Å². The van der Waals surface area contributed by atoms with Crippen molar-refractivity contribution in [1.29, 1.82) is 0 Å². The van der Waals surface area contributed by atoms with Gasteiger partial charge < -0.3 is 9.47 Å². The van der Waals surface area contributed by atoms with Gasteiger partial charge in [-0.3, -0.25) is 14.9 Å². The third-order valence-corrected chi connectivity index (χ3v) is 5.86. The number of likely N-dealkylation sites (tertiary alicyclic amines) is 1. The van der Waals surface area contributed by atoms with Crippen LogP contribution in [0.5, 0.6) is 0 Å². The van der Waals surface area contributed by atoms with Crippen molar-refractivity contribution in [3.63, 3.8) is 0 Å². The van der Waals surface area contributed by atoms with Gasteiger partial charge in [-0.05, 0) is 25.2 Å². The number of carbonyl (C=O) groups is 2. The second kappa shape index (κ2) is 4.71. The molecule has 1 N–H and O–H groups in total. The number of imidazole rings is 1. The largest absolute Gasteiger partial charge is 0.338 e. The molecule has 1 spiro atoms. The van der Waals surface area contributed by atoms with E-state index in [9.17, 15) is 9.59 Å². The van der Waals surface area contributed by atoms with Gasteiger partial charge in [0.1, 0.15) is 0 Å². The maximum Gasteiger partial charge on any atom is 0.229 e. The Balaban J connectivity index is 1.50. The molecule has 3 aliphatic rings. The van der Waals surface area contributed by atoms with Crippen LogP contribution in [0.15, 0.2) is 24.0 Å². The number of fused-ring (bicyclic) bond motifs is 2. The van der Waals surface area contributed by atoms with Crippen molar-refractivity contribution >= 4 is 17.8 Å². The fourth-order valence-electron chi connectivity index (χ4n) is 4.43. The molecule has 0 bridgehead atoms. The minimum atomic E-state index is -0.311. The van der Waals surface area contributed by atoms with Crippen LogP contribution >= 0.6 is 0 Å². The van der Waals surface area contributed by atoms with Crippen molar-refractivity contribution in [2.24, 2.45) is 17.3 Å². The fraction of sp³-hybridized carbons (Fsp3) is 0.611. The van der Waals surface area contributed by atoms with Gasteiger partial charge in [-0.25, -0.2) is 4.98 Å². The van der Waals surface area contributed by atoms with Gasteiger partial charge in [0.2, 0.25) is 17.8 Å². The molecular formula is C18H24N4O2. The van der Waals surface area contributed by atoms with E-state index in [1.165, 1.54) is 5.57 Å². The number of nitrogens with one attached hydrogen (secondary N) is 1. The summed E-state index contributed by atoms with van der Waals surface area (Å²) in [5, 5.41) is 2.79. The molecular weight excluding hydrogens is 304 g/mol. The molecule has 3 heterocycles. The Bertz CT molecular complexity index is 751. The van der Waals surface area contributed by atoms with Gasteiger partial charge >= 0.3 is 0 Å². The van der Waals surface area contributed by atoms with E-state index in [2.05, 4.69) is 44.1 Å². The highest BCUT2D eigenvalue weighted by atomic mass is 16.2. The highest BCUT2D eigenvalue weighted by molar-refractivity contribution is 5.92. The lowest BCUT2D eigenvalue weighted by atomic mass is 9.83. The summed E-state index contributed by atoms with van der Waals surface area (Å²) in [7, 11) is 0. The first-order valence-corrected chi connectivity index (χ1v) is 8.52. The maximum atomic E-state index is 12.9. The number of allylic oxidation sites excluding steroid dienone is 2. The molecule has 6 nitrogen and oxygen atoms in total. The van der Waals surface area contributed by atoms with Gasteiger partial charge in [0.15, 0.2) is 0 Å². The molecule has 6 heteroatoms. The van der Waals surface area contributed by atoms with E-state index in [0.29, 0.717) is 31.4 Å². The highest BCUT2D eigenvalue weighted by Gasteiger charge is 2.63. The number of carbonyl (C=O) groups excluding carboxylic acids is 2. The third kappa shape index (κ3) is 2.05. The number of rotatable bonds is 2. The molecule has 1 aliphatic carbocycles. The number of hydrogen-bond donors (Lipinski definition) is 1. The number of nitrogens with zero attached hydrogens (tertiary/aromatic N) is 3. The van der Waals surface area contributed by atoms with Crippen LogP contribution in [0.2, 0.25) is 0 Å². The molecule has 1 saturated carbocycles. The summed E-state index contributed by atoms with van der Waals surface area (Å²) >= 11 is 0. The summed E-state index contributed by atoms with van der Waals surface area (Å²) < 4.78 is 2.02. The van der Waals surface area contributed by atoms with Crippen molar-refractivity contribution in [2.75, 3.05) is 18.4 Å². The van der Waals surface area contributed by atoms with Crippen molar-refractivity contribution in [1.82, 2.24) is 14.5 Å². The molecule has 2 fully saturated rings. The summed E-state index contributed by atoms with van der Waals surface area (Å²) in [5.41, 5.74) is 0.978. The molecule has 1 aromatic rings. The van der Waals surface area contributed by atoms with Crippen LogP contribution in [0.25, 0.3) is 0 Å². The van der Waals surface area contributed by atoms with E-state index in [0.717, 1.165) is 0 Å². The molecule has 4 rings (SSSR count). The second-order valence-corrected chi connectivity index (χ2v) is 8.33. The Hall–Kier alpha value is -2.11. The molecule has 2 amide bonds. The highest BCUT2D eigenvalue weighted by Crippen LogP contribution is 2.60. The molecule has 2 aliphatic heterocycles. The van der Waals surface area contributed by atoms with Gasteiger partial charge in [-0.2, -0.15) is 0 Å². The van der Waals surface area contributed by atoms with Crippen molar-refractivity contribution < 1.29 is 9.59 Å². The van der Waals surface area contributed by atoms with E-state index in [1.54, 1.807) is 6.20 Å². The molecule has 24 heavy (non-hydrogen) atoms. The molecule has 1 aromatic heterocycles. The Morgan fingerprint density at radius 2 is 2.08 bits per heavy atom. The maximum absolute atomic E-state index is 12.9. The minimum absolute atomic E-state index is 0.0185. The van der Waals surface area contributed by atoms with Crippen LogP contribution in [0.4, 0.5) is 5.95 Å². The second-order valence-electron chi connectivity index (χ2n) is 8.33. The Kier molecular flexibility index (Phi) is 3.03. The zero-order chi connectivity index (χ0) is 17.3. The predicted octanol–water partition coefficient (Wildman–Crippen LogP) is 2.00. The normalized spacial score (nSPS) is 28.7. The monoisotopic (exact) mass is 328 g/mol. The van der Waals surface area contributed by atoms with Gasteiger partial charge in [-0.1, -0.05) is 25.5 Å². The summed E-state index contributed by atoms with van der Waals surface area (Å²) in [6, 6.07) is 0. The average Bonchev–Trinajstić information content (AvgIpc) is 2.82. The molecule has 1 saturated heterocycles. The third-order valence-electron chi connectivity index (χ3n) is 5.86. The van der Waals surface area contributed by atoms with Gasteiger partial charge in [0.05, 0.1) is 17.9 Å². The summed E-state index contributed by atoms with van der Waals surface area (Å²) in [4.78, 5) is 31.0. The van der Waals surface area contributed by atoms with E-state index in [-0.39, 0.29) is 28.7 Å². The van der Waals surface area contributed by atoms with Crippen LogP contribution in [0.3, 0.4) is 0 Å². The zero-order valence-corrected chi connectivity index (χ0v) is 14.7. The van der Waals surface area contributed by atoms with Crippen molar-refractivity contribution in [2.45, 2.75) is 39.7 Å². The Morgan fingerprint density at radius 1 is 1.38 bits per heavy atom. The summed E-state index contributed by atoms with van der Waals surface area (Å²) in [6.45, 7) is 9.67. The van der Waals surface area contributed by atoms with E-state index >= 15 is 0 Å². The quantitative estimate of drug-likeness (QED) is 0.845. The first-order chi connectivity index (χ1) is 11.2. The Morgan fingerprint density at radius 3 is 2.75 bits per heavy atom. The number of aromatic nitrogens is 2. The minimum Gasteiger partial charge on any atom is -0.338 e. The van der Waals surface area contributed by atoms with Crippen LogP contribution in [0, 0.1) is 17.3 Å². The SMILES string of the molecule is CC(C)=CC1C(C(=O)N2CC3(CC(=O)Nc4nccn43)C2)C1(C)C. The Labute approximate surface area is 141 Å². The van der Waals surface area contributed by atoms with Crippen LogP contribution in [-0.4, -0.2) is 39.4 Å². The van der Waals surface area contributed by atoms with Gasteiger partial charge in [-0.15, -0.1) is 0 Å². The standard InChI is InChI=1S/C18H24N4O2/c1-11(2)7-12-14(17(12,3)4)15(24)21-9-18(10-21)8-13(23)20-16-19-5-6-22(16)18/h5-7,12,14H,8-10H2,1-4H3,(H,19,20,23). The summed E-state index contributed by atoms with van der Waals surface area (Å²) in [6.07, 6.45) is 6.22. The summed E-state index contributed by atoms with van der Waals surface area (Å²) in [5.74, 6) is 1.18. The van der Waals surface area contributed by atoms with Gasteiger partial charge in [0.25, 0.3) is 0 Å². The lowest BCUT2D eigenvalue weighted by Crippen LogP contribution is -2.66. The average molecular weight is 328 g/mol. The van der Waals surface area contributed by atoms with Crippen LogP contribution in [-0.2, 0) is 15.1 Å². The lowest BCUT2D eigenvalue weighted by molar-refractivity contribution is -0.147. The number of amides is 2. The first kappa shape index (κ1) is 15.4. The molecule has 0 radical (unpaired) electrons. The van der Waals surface area contributed by atoms with E-state index in [1.807, 2.05) is 15.7 Å². The molecule has 2 atom stereocenters. The van der Waals surface area contributed by atoms with Crippen LogP contribution < -0.4 is 5.32 Å². The first-order valence-electron chi connectivity index (χ1n) is 8.52. The number of anilines is 1. The number of hydrogen-bond acceptors (Lipinski definition) is 3. The van der Waals surface area contributed by atoms with E-state index < -0.39 is 0 Å². The molecule has 0 aromatic carbocycles. The topological polar surface area (TPSA) is 67.2 Å². The lowest BCUT2D eigenvalue weighted by Gasteiger charge is -2.52. The predicted molar refractivity (Wildman–Crippen MR) is 90.2 cm³/mol. The molecule has 128 valence electrons. The molecule has 2 unspecified atom stereocenters. The zero-order valence-electron chi connectivity index (χ0n) is 14.7. The van der Waals surface area contributed by atoms with Crippen molar-refractivity contribution in [3.05, 3.63) is 24.0 Å². The fourth-order valence-corrected chi connectivity index (χ4v) is 4.43. The van der Waals surface area contributed by atoms with E-state index in [4.69, 9.17) is 0 Å².